The summed E-state index contributed by atoms with van der Waals surface area (Å²) in [4.78, 5) is 36.8. The van der Waals surface area contributed by atoms with Crippen molar-refractivity contribution in [1.29, 1.82) is 0 Å². The van der Waals surface area contributed by atoms with E-state index < -0.39 is 0 Å². The van der Waals surface area contributed by atoms with E-state index in [-0.39, 0.29) is 11.8 Å². The number of hydrogen-bond acceptors (Lipinski definition) is 5. The van der Waals surface area contributed by atoms with Crippen molar-refractivity contribution in [2.45, 2.75) is 13.8 Å². The molecule has 132 valence electrons. The van der Waals surface area contributed by atoms with E-state index in [9.17, 15) is 9.59 Å². The van der Waals surface area contributed by atoms with Crippen LogP contribution in [0.4, 0.5) is 5.82 Å². The first kappa shape index (κ1) is 15.9. The van der Waals surface area contributed by atoms with Gasteiger partial charge in [-0.25, -0.2) is 9.97 Å². The second-order valence-corrected chi connectivity index (χ2v) is 7.65. The van der Waals surface area contributed by atoms with Crippen molar-refractivity contribution < 1.29 is 9.59 Å². The summed E-state index contributed by atoms with van der Waals surface area (Å²) in [6.45, 7) is 3.98. The molecule has 0 atom stereocenters. The summed E-state index contributed by atoms with van der Waals surface area (Å²) in [5.74, 6) is -0.262. The maximum absolute atomic E-state index is 13.4. The Kier molecular flexibility index (Phi) is 3.29. The number of aromatic nitrogens is 2. The summed E-state index contributed by atoms with van der Waals surface area (Å²) in [7, 11) is 0. The molecule has 0 bridgehead atoms. The Morgan fingerprint density at radius 2 is 1.70 bits per heavy atom. The first-order valence-corrected chi connectivity index (χ1v) is 9.26. The van der Waals surface area contributed by atoms with Crippen LogP contribution in [0.2, 0.25) is 0 Å². The third-order valence-electron chi connectivity index (χ3n) is 4.95. The van der Waals surface area contributed by atoms with Crippen molar-refractivity contribution in [1.82, 2.24) is 15.4 Å². The quantitative estimate of drug-likeness (QED) is 0.550. The maximum atomic E-state index is 13.4. The summed E-state index contributed by atoms with van der Waals surface area (Å²) >= 11 is 1.54. The van der Waals surface area contributed by atoms with E-state index in [0.717, 1.165) is 26.0 Å². The molecule has 1 aliphatic heterocycles. The zero-order valence-electron chi connectivity index (χ0n) is 14.6. The summed E-state index contributed by atoms with van der Waals surface area (Å²) in [6.07, 6.45) is 1.42. The fourth-order valence-electron chi connectivity index (χ4n) is 3.52. The van der Waals surface area contributed by atoms with Gasteiger partial charge in [0, 0.05) is 15.8 Å². The SMILES string of the molecule is Cc1sc2ncnc(N3NC(=O)c4cccc5cccc(c45)C3=O)c2c1C. The Morgan fingerprint density at radius 3 is 2.48 bits per heavy atom. The molecule has 1 aliphatic rings. The molecule has 2 aromatic heterocycles. The zero-order chi connectivity index (χ0) is 18.7. The van der Waals surface area contributed by atoms with Gasteiger partial charge in [-0.05, 0) is 36.9 Å². The van der Waals surface area contributed by atoms with Crippen LogP contribution in [0, 0.1) is 13.8 Å². The maximum Gasteiger partial charge on any atom is 0.279 e. The molecule has 1 N–H and O–H groups in total. The highest BCUT2D eigenvalue weighted by Crippen LogP contribution is 2.35. The number of nitrogens with zero attached hydrogens (tertiary/aromatic N) is 3. The largest absolute Gasteiger partial charge is 0.279 e. The number of carbonyl (C=O) groups is 2. The van der Waals surface area contributed by atoms with E-state index in [2.05, 4.69) is 15.4 Å². The third kappa shape index (κ3) is 2.18. The summed E-state index contributed by atoms with van der Waals surface area (Å²) < 4.78 is 0. The lowest BCUT2D eigenvalue weighted by molar-refractivity contribution is 0.0894. The smallest absolute Gasteiger partial charge is 0.267 e. The molecular weight excluding hydrogens is 360 g/mol. The molecule has 6 nitrogen and oxygen atoms in total. The lowest BCUT2D eigenvalue weighted by Gasteiger charge is -2.21. The number of nitrogens with one attached hydrogen (secondary N) is 1. The predicted molar refractivity (Wildman–Crippen MR) is 105 cm³/mol. The van der Waals surface area contributed by atoms with Gasteiger partial charge >= 0.3 is 0 Å². The van der Waals surface area contributed by atoms with Crippen LogP contribution in [-0.2, 0) is 0 Å². The fraction of sp³-hybridized carbons (Fsp3) is 0.100. The highest BCUT2D eigenvalue weighted by atomic mass is 32.1. The minimum absolute atomic E-state index is 0.317. The van der Waals surface area contributed by atoms with Crippen molar-refractivity contribution >= 4 is 50.0 Å². The van der Waals surface area contributed by atoms with Gasteiger partial charge in [0.2, 0.25) is 0 Å². The van der Waals surface area contributed by atoms with Crippen molar-refractivity contribution in [3.05, 3.63) is 64.3 Å². The first-order valence-electron chi connectivity index (χ1n) is 8.44. The van der Waals surface area contributed by atoms with Crippen LogP contribution in [0.15, 0.2) is 42.7 Å². The molecule has 7 heteroatoms. The van der Waals surface area contributed by atoms with Gasteiger partial charge in [-0.2, -0.15) is 5.01 Å². The molecule has 0 unspecified atom stereocenters. The van der Waals surface area contributed by atoms with Crippen molar-refractivity contribution in [2.75, 3.05) is 5.01 Å². The molecule has 2 amide bonds. The number of carbonyl (C=O) groups excluding carboxylic acids is 2. The number of hydrazine groups is 1. The Labute approximate surface area is 158 Å². The van der Waals surface area contributed by atoms with Gasteiger partial charge < -0.3 is 0 Å². The van der Waals surface area contributed by atoms with Crippen LogP contribution in [-0.4, -0.2) is 21.8 Å². The second-order valence-electron chi connectivity index (χ2n) is 6.45. The normalized spacial score (nSPS) is 13.9. The summed E-state index contributed by atoms with van der Waals surface area (Å²) in [6, 6.07) is 10.9. The van der Waals surface area contributed by atoms with E-state index in [1.165, 1.54) is 11.3 Å². The molecule has 0 aliphatic carbocycles. The molecule has 0 saturated carbocycles. The van der Waals surface area contributed by atoms with Crippen LogP contribution < -0.4 is 10.4 Å². The monoisotopic (exact) mass is 374 g/mol. The van der Waals surface area contributed by atoms with Crippen LogP contribution in [0.1, 0.15) is 31.2 Å². The lowest BCUT2D eigenvalue weighted by Crippen LogP contribution is -2.45. The van der Waals surface area contributed by atoms with Gasteiger partial charge in [0.1, 0.15) is 11.2 Å². The second kappa shape index (κ2) is 5.59. The van der Waals surface area contributed by atoms with Gasteiger partial charge in [-0.3, -0.25) is 15.0 Å². The average molecular weight is 374 g/mol. The number of anilines is 1. The topological polar surface area (TPSA) is 75.2 Å². The first-order chi connectivity index (χ1) is 13.1. The molecule has 27 heavy (non-hydrogen) atoms. The van der Waals surface area contributed by atoms with Gasteiger partial charge in [0.15, 0.2) is 5.82 Å². The standard InChI is InChI=1S/C20H14N4O2S/c1-10-11(2)27-19-15(10)17(21-9-22-19)24-20(26)14-8-4-6-12-5-3-7-13(16(12)14)18(25)23-24/h3-9H,1-2H3,(H,23,25). The van der Waals surface area contributed by atoms with Gasteiger partial charge in [0.05, 0.1) is 10.9 Å². The van der Waals surface area contributed by atoms with Crippen molar-refractivity contribution in [2.24, 2.45) is 0 Å². The van der Waals surface area contributed by atoms with Crippen LogP contribution in [0.25, 0.3) is 21.0 Å². The minimum atomic E-state index is -0.338. The molecule has 0 saturated heterocycles. The van der Waals surface area contributed by atoms with E-state index in [4.69, 9.17) is 0 Å². The molecule has 0 radical (unpaired) electrons. The van der Waals surface area contributed by atoms with Gasteiger partial charge in [0.25, 0.3) is 11.8 Å². The Bertz CT molecular complexity index is 1270. The number of amides is 2. The minimum Gasteiger partial charge on any atom is -0.267 e. The Hall–Kier alpha value is -3.32. The summed E-state index contributed by atoms with van der Waals surface area (Å²) in [5.41, 5.74) is 4.69. The van der Waals surface area contributed by atoms with Crippen molar-refractivity contribution in [3.8, 4) is 0 Å². The van der Waals surface area contributed by atoms with Crippen LogP contribution >= 0.6 is 11.3 Å². The highest BCUT2D eigenvalue weighted by Gasteiger charge is 2.31. The van der Waals surface area contributed by atoms with Gasteiger partial charge in [-0.1, -0.05) is 24.3 Å². The molecule has 5 rings (SSSR count). The number of rotatable bonds is 1. The molecule has 0 fully saturated rings. The van der Waals surface area contributed by atoms with E-state index in [1.54, 1.807) is 23.5 Å². The average Bonchev–Trinajstić information content (AvgIpc) is 2.92. The van der Waals surface area contributed by atoms with E-state index in [1.807, 2.05) is 38.1 Å². The Morgan fingerprint density at radius 1 is 0.963 bits per heavy atom. The van der Waals surface area contributed by atoms with E-state index in [0.29, 0.717) is 22.3 Å². The van der Waals surface area contributed by atoms with Crippen LogP contribution in [0.5, 0.6) is 0 Å². The number of hydrogen-bond donors (Lipinski definition) is 1. The zero-order valence-corrected chi connectivity index (χ0v) is 15.4. The number of thiophene rings is 1. The Balaban J connectivity index is 1.79. The molecule has 3 heterocycles. The van der Waals surface area contributed by atoms with Crippen molar-refractivity contribution in [3.63, 3.8) is 0 Å². The highest BCUT2D eigenvalue weighted by molar-refractivity contribution is 7.18. The van der Waals surface area contributed by atoms with E-state index >= 15 is 0 Å². The summed E-state index contributed by atoms with van der Waals surface area (Å²) in [5, 5.41) is 3.55. The van der Waals surface area contributed by atoms with Crippen LogP contribution in [0.3, 0.4) is 0 Å². The fourth-order valence-corrected chi connectivity index (χ4v) is 4.52. The molecule has 4 aromatic rings. The number of benzene rings is 2. The lowest BCUT2D eigenvalue weighted by atomic mass is 9.99. The molecule has 0 spiro atoms. The predicted octanol–water partition coefficient (Wildman–Crippen LogP) is 3.77. The number of aryl methyl sites for hydroxylation is 2. The molecule has 2 aromatic carbocycles. The third-order valence-corrected chi connectivity index (χ3v) is 6.07. The van der Waals surface area contributed by atoms with Gasteiger partial charge in [-0.15, -0.1) is 11.3 Å². The number of fused-ring (bicyclic) bond motifs is 1. The molecular formula is C20H14N4O2S.